The summed E-state index contributed by atoms with van der Waals surface area (Å²) in [4.78, 5) is 11.0. The first-order valence-electron chi connectivity index (χ1n) is 5.47. The van der Waals surface area contributed by atoms with E-state index in [1.165, 1.54) is 12.1 Å². The van der Waals surface area contributed by atoms with Crippen molar-refractivity contribution in [1.82, 2.24) is 0 Å². The molecule has 2 aromatic rings. The zero-order chi connectivity index (χ0) is 13.8. The van der Waals surface area contributed by atoms with Gasteiger partial charge in [-0.15, -0.1) is 0 Å². The van der Waals surface area contributed by atoms with Crippen molar-refractivity contribution in [1.29, 1.82) is 0 Å². The van der Waals surface area contributed by atoms with Gasteiger partial charge in [-0.05, 0) is 24.3 Å². The molecule has 0 aromatic heterocycles. The van der Waals surface area contributed by atoms with E-state index in [-0.39, 0.29) is 12.2 Å². The van der Waals surface area contributed by atoms with Gasteiger partial charge in [-0.3, -0.25) is 0 Å². The molecule has 0 bridgehead atoms. The lowest BCUT2D eigenvalue weighted by Gasteiger charge is -2.10. The summed E-state index contributed by atoms with van der Waals surface area (Å²) in [6.07, 6.45) is 0. The number of carboxylic acid groups (broad SMARTS) is 1. The molecule has 19 heavy (non-hydrogen) atoms. The second-order valence-electron chi connectivity index (χ2n) is 3.83. The minimum Gasteiger partial charge on any atom is -0.487 e. The van der Waals surface area contributed by atoms with Crippen LogP contribution in [0.15, 0.2) is 42.5 Å². The molecule has 0 heterocycles. The fourth-order valence-electron chi connectivity index (χ4n) is 1.59. The number of para-hydroxylation sites is 1. The Morgan fingerprint density at radius 2 is 2.00 bits per heavy atom. The molecule has 0 fully saturated rings. The van der Waals surface area contributed by atoms with Crippen molar-refractivity contribution in [2.24, 2.45) is 0 Å². The van der Waals surface area contributed by atoms with Gasteiger partial charge in [-0.25, -0.2) is 9.18 Å². The van der Waals surface area contributed by atoms with Gasteiger partial charge in [-0.2, -0.15) is 0 Å². The summed E-state index contributed by atoms with van der Waals surface area (Å²) in [6, 6.07) is 10.4. The molecule has 0 amide bonds. The number of carboxylic acids is 1. The fourth-order valence-corrected chi connectivity index (χ4v) is 1.78. The highest BCUT2D eigenvalue weighted by Gasteiger charge is 2.12. The average Bonchev–Trinajstić information content (AvgIpc) is 2.38. The van der Waals surface area contributed by atoms with Gasteiger partial charge in [0.05, 0.1) is 10.6 Å². The normalized spacial score (nSPS) is 10.2. The quantitative estimate of drug-likeness (QED) is 0.927. The van der Waals surface area contributed by atoms with E-state index in [1.54, 1.807) is 24.3 Å². The van der Waals surface area contributed by atoms with Crippen LogP contribution in [0, 0.1) is 5.82 Å². The number of hydrogen-bond donors (Lipinski definition) is 1. The standard InChI is InChI=1S/C14H10ClFO3/c15-12-3-1-2-4-13(12)19-8-9-5-6-10(16)7-11(9)14(17)18/h1-7H,8H2,(H,17,18). The van der Waals surface area contributed by atoms with Crippen molar-refractivity contribution in [2.45, 2.75) is 6.61 Å². The van der Waals surface area contributed by atoms with Crippen LogP contribution >= 0.6 is 11.6 Å². The van der Waals surface area contributed by atoms with Crippen LogP contribution in [0.2, 0.25) is 5.02 Å². The maximum absolute atomic E-state index is 13.0. The molecule has 0 atom stereocenters. The van der Waals surface area contributed by atoms with E-state index in [9.17, 15) is 9.18 Å². The molecule has 0 aliphatic heterocycles. The molecular formula is C14H10ClFO3. The Balaban J connectivity index is 2.20. The molecule has 1 N–H and O–H groups in total. The second kappa shape index (κ2) is 5.71. The number of aromatic carboxylic acids is 1. The van der Waals surface area contributed by atoms with E-state index < -0.39 is 11.8 Å². The summed E-state index contributed by atoms with van der Waals surface area (Å²) in [5.41, 5.74) is 0.265. The monoisotopic (exact) mass is 280 g/mol. The molecule has 3 nitrogen and oxygen atoms in total. The van der Waals surface area contributed by atoms with Gasteiger partial charge in [0, 0.05) is 5.56 Å². The summed E-state index contributed by atoms with van der Waals surface area (Å²) in [5.74, 6) is -1.35. The van der Waals surface area contributed by atoms with E-state index in [0.29, 0.717) is 16.3 Å². The second-order valence-corrected chi connectivity index (χ2v) is 4.23. The van der Waals surface area contributed by atoms with E-state index in [1.807, 2.05) is 0 Å². The Labute approximate surface area is 114 Å². The Bertz CT molecular complexity index is 613. The van der Waals surface area contributed by atoms with Crippen LogP contribution in [0.3, 0.4) is 0 Å². The maximum Gasteiger partial charge on any atom is 0.336 e. The van der Waals surface area contributed by atoms with Gasteiger partial charge >= 0.3 is 5.97 Å². The molecule has 5 heteroatoms. The minimum atomic E-state index is -1.20. The van der Waals surface area contributed by atoms with Gasteiger partial charge in [0.2, 0.25) is 0 Å². The van der Waals surface area contributed by atoms with E-state index >= 15 is 0 Å². The van der Waals surface area contributed by atoms with Gasteiger partial charge < -0.3 is 9.84 Å². The van der Waals surface area contributed by atoms with Crippen LogP contribution in [0.25, 0.3) is 0 Å². The number of rotatable bonds is 4. The van der Waals surface area contributed by atoms with Crippen molar-refractivity contribution in [3.05, 3.63) is 64.4 Å². The Morgan fingerprint density at radius 3 is 2.68 bits per heavy atom. The molecule has 0 unspecified atom stereocenters. The van der Waals surface area contributed by atoms with Crippen molar-refractivity contribution in [3.63, 3.8) is 0 Å². The molecule has 0 saturated carbocycles. The molecule has 0 saturated heterocycles. The number of hydrogen-bond acceptors (Lipinski definition) is 2. The zero-order valence-corrected chi connectivity index (χ0v) is 10.5. The third kappa shape index (κ3) is 3.23. The molecule has 0 aliphatic rings. The largest absolute Gasteiger partial charge is 0.487 e. The number of carbonyl (C=O) groups is 1. The summed E-state index contributed by atoms with van der Waals surface area (Å²) >= 11 is 5.92. The number of ether oxygens (including phenoxy) is 1. The molecule has 2 rings (SSSR count). The Hall–Kier alpha value is -2.07. The molecular weight excluding hydrogens is 271 g/mol. The van der Waals surface area contributed by atoms with Crippen LogP contribution in [-0.4, -0.2) is 11.1 Å². The molecule has 0 spiro atoms. The lowest BCUT2D eigenvalue weighted by Crippen LogP contribution is -2.06. The first-order valence-corrected chi connectivity index (χ1v) is 5.85. The van der Waals surface area contributed by atoms with Crippen molar-refractivity contribution >= 4 is 17.6 Å². The highest BCUT2D eigenvalue weighted by atomic mass is 35.5. The Morgan fingerprint density at radius 1 is 1.26 bits per heavy atom. The van der Waals surface area contributed by atoms with Crippen molar-refractivity contribution in [2.75, 3.05) is 0 Å². The predicted octanol–water partition coefficient (Wildman–Crippen LogP) is 3.76. The van der Waals surface area contributed by atoms with Gasteiger partial charge in [0.1, 0.15) is 18.2 Å². The third-order valence-corrected chi connectivity index (χ3v) is 2.83. The first kappa shape index (κ1) is 13.4. The van der Waals surface area contributed by atoms with Crippen LogP contribution in [-0.2, 0) is 6.61 Å². The van der Waals surface area contributed by atoms with Crippen molar-refractivity contribution < 1.29 is 19.0 Å². The van der Waals surface area contributed by atoms with E-state index in [2.05, 4.69) is 0 Å². The van der Waals surface area contributed by atoms with Crippen molar-refractivity contribution in [3.8, 4) is 5.75 Å². The topological polar surface area (TPSA) is 46.5 Å². The lowest BCUT2D eigenvalue weighted by molar-refractivity contribution is 0.0693. The predicted molar refractivity (Wildman–Crippen MR) is 69.1 cm³/mol. The van der Waals surface area contributed by atoms with Crippen LogP contribution < -0.4 is 4.74 Å². The van der Waals surface area contributed by atoms with Crippen LogP contribution in [0.1, 0.15) is 15.9 Å². The fraction of sp³-hybridized carbons (Fsp3) is 0.0714. The maximum atomic E-state index is 13.0. The molecule has 2 aromatic carbocycles. The van der Waals surface area contributed by atoms with Gasteiger partial charge in [-0.1, -0.05) is 29.8 Å². The molecule has 98 valence electrons. The highest BCUT2D eigenvalue weighted by molar-refractivity contribution is 6.32. The Kier molecular flexibility index (Phi) is 4.02. The number of halogens is 2. The zero-order valence-electron chi connectivity index (χ0n) is 9.77. The minimum absolute atomic E-state index is 0.00560. The summed E-state index contributed by atoms with van der Waals surface area (Å²) in [5, 5.41) is 9.43. The summed E-state index contributed by atoms with van der Waals surface area (Å²) in [7, 11) is 0. The number of benzene rings is 2. The smallest absolute Gasteiger partial charge is 0.336 e. The highest BCUT2D eigenvalue weighted by Crippen LogP contribution is 2.24. The van der Waals surface area contributed by atoms with Crippen LogP contribution in [0.4, 0.5) is 4.39 Å². The first-order chi connectivity index (χ1) is 9.08. The van der Waals surface area contributed by atoms with Gasteiger partial charge in [0.15, 0.2) is 0 Å². The van der Waals surface area contributed by atoms with Gasteiger partial charge in [0.25, 0.3) is 0 Å². The van der Waals surface area contributed by atoms with E-state index in [4.69, 9.17) is 21.4 Å². The third-order valence-electron chi connectivity index (χ3n) is 2.52. The SMILES string of the molecule is O=C(O)c1cc(F)ccc1COc1ccccc1Cl. The molecule has 0 radical (unpaired) electrons. The van der Waals surface area contributed by atoms with Crippen LogP contribution in [0.5, 0.6) is 5.75 Å². The molecule has 0 aliphatic carbocycles. The average molecular weight is 281 g/mol. The summed E-state index contributed by atoms with van der Waals surface area (Å²) < 4.78 is 18.4. The van der Waals surface area contributed by atoms with E-state index in [0.717, 1.165) is 6.07 Å². The lowest BCUT2D eigenvalue weighted by atomic mass is 10.1. The summed E-state index contributed by atoms with van der Waals surface area (Å²) in [6.45, 7) is 0.00560.